The van der Waals surface area contributed by atoms with E-state index in [4.69, 9.17) is 9.84 Å². The smallest absolute Gasteiger partial charge is 0.247 e. The third kappa shape index (κ3) is 7.28. The van der Waals surface area contributed by atoms with Crippen LogP contribution in [0, 0.1) is 0 Å². The van der Waals surface area contributed by atoms with E-state index < -0.39 is 0 Å². The van der Waals surface area contributed by atoms with Crippen LogP contribution in [-0.4, -0.2) is 67.8 Å². The van der Waals surface area contributed by atoms with Crippen LogP contribution in [0.2, 0.25) is 0 Å². The molecule has 152 valence electrons. The van der Waals surface area contributed by atoms with E-state index in [1.54, 1.807) is 19.3 Å². The van der Waals surface area contributed by atoms with Gasteiger partial charge >= 0.3 is 0 Å². The number of aromatic amines is 1. The summed E-state index contributed by atoms with van der Waals surface area (Å²) in [6, 6.07) is 11.2. The number of hydrogen-bond donors (Lipinski definition) is 4. The summed E-state index contributed by atoms with van der Waals surface area (Å²) in [5.41, 5.74) is 2.85. The molecule has 1 unspecified atom stereocenters. The predicted molar refractivity (Wildman–Crippen MR) is 112 cm³/mol. The standard InChI is InChI=1S/C21H29N3O4/c1-22-19(15-26)16-28-13-11-24(10-12-25)20-7-4-17(5-8-20)2-3-18-6-9-21(27)23-14-18/h2-9,14,19,22,25-26H,10-13,15-16H2,1H3,(H,23,27)/b3-2+. The van der Waals surface area contributed by atoms with Gasteiger partial charge in [0, 0.05) is 31.0 Å². The molecule has 0 radical (unpaired) electrons. The molecule has 28 heavy (non-hydrogen) atoms. The Balaban J connectivity index is 1.91. The Morgan fingerprint density at radius 1 is 1.11 bits per heavy atom. The molecule has 7 heteroatoms. The summed E-state index contributed by atoms with van der Waals surface area (Å²) in [5.74, 6) is 0. The van der Waals surface area contributed by atoms with Gasteiger partial charge in [0.15, 0.2) is 0 Å². The van der Waals surface area contributed by atoms with E-state index in [0.717, 1.165) is 16.8 Å². The van der Waals surface area contributed by atoms with Crippen LogP contribution in [-0.2, 0) is 4.74 Å². The molecular formula is C21H29N3O4. The van der Waals surface area contributed by atoms with Gasteiger partial charge < -0.3 is 30.2 Å². The van der Waals surface area contributed by atoms with Crippen LogP contribution in [0.3, 0.4) is 0 Å². The molecular weight excluding hydrogens is 358 g/mol. The first-order chi connectivity index (χ1) is 13.7. The highest BCUT2D eigenvalue weighted by molar-refractivity contribution is 5.70. The lowest BCUT2D eigenvalue weighted by atomic mass is 10.1. The highest BCUT2D eigenvalue weighted by Gasteiger charge is 2.08. The lowest BCUT2D eigenvalue weighted by Crippen LogP contribution is -2.36. The zero-order valence-electron chi connectivity index (χ0n) is 16.2. The van der Waals surface area contributed by atoms with Crippen LogP contribution in [0.4, 0.5) is 5.69 Å². The zero-order valence-corrected chi connectivity index (χ0v) is 16.2. The monoisotopic (exact) mass is 387 g/mol. The van der Waals surface area contributed by atoms with Crippen LogP contribution in [0.25, 0.3) is 12.2 Å². The van der Waals surface area contributed by atoms with Gasteiger partial charge in [-0.25, -0.2) is 0 Å². The Labute approximate surface area is 165 Å². The largest absolute Gasteiger partial charge is 0.395 e. The number of nitrogens with one attached hydrogen (secondary N) is 2. The van der Waals surface area contributed by atoms with E-state index in [2.05, 4.69) is 15.2 Å². The maximum absolute atomic E-state index is 11.1. The second kappa shape index (κ2) is 12.1. The van der Waals surface area contributed by atoms with Crippen LogP contribution in [0.5, 0.6) is 0 Å². The lowest BCUT2D eigenvalue weighted by Gasteiger charge is -2.24. The summed E-state index contributed by atoms with van der Waals surface area (Å²) >= 11 is 0. The SMILES string of the molecule is CNC(CO)COCCN(CCO)c1ccc(/C=C/c2ccc(=O)[nH]c2)cc1. The van der Waals surface area contributed by atoms with Crippen molar-refractivity contribution in [2.45, 2.75) is 6.04 Å². The van der Waals surface area contributed by atoms with Crippen molar-refractivity contribution in [3.05, 3.63) is 64.1 Å². The van der Waals surface area contributed by atoms with Crippen molar-refractivity contribution in [1.29, 1.82) is 0 Å². The van der Waals surface area contributed by atoms with Crippen molar-refractivity contribution in [2.75, 3.05) is 51.5 Å². The van der Waals surface area contributed by atoms with Gasteiger partial charge in [0.25, 0.3) is 0 Å². The maximum Gasteiger partial charge on any atom is 0.247 e. The second-order valence-electron chi connectivity index (χ2n) is 6.36. The topological polar surface area (TPSA) is 97.8 Å². The molecule has 0 aliphatic rings. The maximum atomic E-state index is 11.1. The minimum Gasteiger partial charge on any atom is -0.395 e. The Morgan fingerprint density at radius 2 is 1.82 bits per heavy atom. The molecule has 2 rings (SSSR count). The summed E-state index contributed by atoms with van der Waals surface area (Å²) in [4.78, 5) is 15.8. The van der Waals surface area contributed by atoms with Crippen molar-refractivity contribution in [2.24, 2.45) is 0 Å². The van der Waals surface area contributed by atoms with Gasteiger partial charge in [-0.2, -0.15) is 0 Å². The van der Waals surface area contributed by atoms with Crippen molar-refractivity contribution in [3.8, 4) is 0 Å². The van der Waals surface area contributed by atoms with E-state index in [0.29, 0.717) is 26.3 Å². The highest BCUT2D eigenvalue weighted by atomic mass is 16.5. The summed E-state index contributed by atoms with van der Waals surface area (Å²) in [6.45, 7) is 2.20. The normalized spacial score (nSPS) is 12.4. The van der Waals surface area contributed by atoms with Crippen molar-refractivity contribution in [1.82, 2.24) is 10.3 Å². The number of pyridine rings is 1. The van der Waals surface area contributed by atoms with Gasteiger partial charge in [-0.15, -0.1) is 0 Å². The van der Waals surface area contributed by atoms with Gasteiger partial charge in [0.2, 0.25) is 5.56 Å². The molecule has 0 amide bonds. The van der Waals surface area contributed by atoms with E-state index in [-0.39, 0.29) is 24.8 Å². The predicted octanol–water partition coefficient (Wildman–Crippen LogP) is 0.941. The summed E-state index contributed by atoms with van der Waals surface area (Å²) in [6.07, 6.45) is 5.58. The zero-order chi connectivity index (χ0) is 20.2. The quantitative estimate of drug-likeness (QED) is 0.405. The molecule has 7 nitrogen and oxygen atoms in total. The molecule has 0 fully saturated rings. The first-order valence-electron chi connectivity index (χ1n) is 9.35. The minimum atomic E-state index is -0.118. The fraction of sp³-hybridized carbons (Fsp3) is 0.381. The number of ether oxygens (including phenoxy) is 1. The molecule has 1 aromatic carbocycles. The number of rotatable bonds is 12. The number of aliphatic hydroxyl groups excluding tert-OH is 2. The van der Waals surface area contributed by atoms with Gasteiger partial charge in [-0.05, 0) is 36.4 Å². The number of nitrogens with zero attached hydrogens (tertiary/aromatic N) is 1. The summed E-state index contributed by atoms with van der Waals surface area (Å²) < 4.78 is 5.61. The van der Waals surface area contributed by atoms with Gasteiger partial charge in [0.1, 0.15) is 0 Å². The van der Waals surface area contributed by atoms with Crippen LogP contribution in [0.15, 0.2) is 47.4 Å². The number of likely N-dealkylation sites (N-methyl/N-ethyl adjacent to an activating group) is 1. The number of benzene rings is 1. The Bertz CT molecular complexity index is 749. The first-order valence-corrected chi connectivity index (χ1v) is 9.35. The number of anilines is 1. The van der Waals surface area contributed by atoms with E-state index in [1.165, 1.54) is 6.07 Å². The molecule has 0 aliphatic heterocycles. The van der Waals surface area contributed by atoms with E-state index in [1.807, 2.05) is 36.4 Å². The molecule has 0 aliphatic carbocycles. The summed E-state index contributed by atoms with van der Waals surface area (Å²) in [5, 5.41) is 21.5. The Hall–Kier alpha value is -2.45. The number of aliphatic hydroxyl groups is 2. The van der Waals surface area contributed by atoms with Gasteiger partial charge in [-0.3, -0.25) is 4.79 Å². The van der Waals surface area contributed by atoms with Crippen LogP contribution < -0.4 is 15.8 Å². The molecule has 0 spiro atoms. The number of H-pyrrole nitrogens is 1. The first kappa shape index (κ1) is 21.8. The van der Waals surface area contributed by atoms with E-state index in [9.17, 15) is 9.90 Å². The average molecular weight is 387 g/mol. The number of aromatic nitrogens is 1. The molecule has 4 N–H and O–H groups in total. The Kier molecular flexibility index (Phi) is 9.44. The molecule has 0 saturated carbocycles. The van der Waals surface area contributed by atoms with Crippen LogP contribution >= 0.6 is 0 Å². The number of hydrogen-bond acceptors (Lipinski definition) is 6. The fourth-order valence-electron chi connectivity index (χ4n) is 2.63. The third-order valence-corrected chi connectivity index (χ3v) is 4.36. The van der Waals surface area contributed by atoms with Gasteiger partial charge in [-0.1, -0.05) is 24.3 Å². The lowest BCUT2D eigenvalue weighted by molar-refractivity contribution is 0.0953. The highest BCUT2D eigenvalue weighted by Crippen LogP contribution is 2.16. The minimum absolute atomic E-state index is 0.0326. The van der Waals surface area contributed by atoms with Crippen molar-refractivity contribution < 1.29 is 14.9 Å². The third-order valence-electron chi connectivity index (χ3n) is 4.36. The van der Waals surface area contributed by atoms with Crippen molar-refractivity contribution >= 4 is 17.8 Å². The van der Waals surface area contributed by atoms with Gasteiger partial charge in [0.05, 0.1) is 32.5 Å². The average Bonchev–Trinajstić information content (AvgIpc) is 2.73. The van der Waals surface area contributed by atoms with Crippen molar-refractivity contribution in [3.63, 3.8) is 0 Å². The van der Waals surface area contributed by atoms with Crippen LogP contribution in [0.1, 0.15) is 11.1 Å². The Morgan fingerprint density at radius 3 is 2.43 bits per heavy atom. The summed E-state index contributed by atoms with van der Waals surface area (Å²) in [7, 11) is 1.79. The second-order valence-corrected chi connectivity index (χ2v) is 6.36. The molecule has 1 atom stereocenters. The molecule has 2 aromatic rings. The fourth-order valence-corrected chi connectivity index (χ4v) is 2.63. The molecule has 1 aromatic heterocycles. The molecule has 0 bridgehead atoms. The molecule has 0 saturated heterocycles. The van der Waals surface area contributed by atoms with E-state index >= 15 is 0 Å². The molecule has 1 heterocycles.